The van der Waals surface area contributed by atoms with E-state index in [2.05, 4.69) is 29.1 Å². The maximum atomic E-state index is 6.10. The Hall–Kier alpha value is -1.58. The number of benzene rings is 1. The summed E-state index contributed by atoms with van der Waals surface area (Å²) in [5, 5.41) is 0.511. The molecule has 0 saturated carbocycles. The molecule has 3 rings (SSSR count). The average Bonchev–Trinajstić information content (AvgIpc) is 2.46. The van der Waals surface area contributed by atoms with Crippen molar-refractivity contribution in [3.63, 3.8) is 0 Å². The third-order valence-electron chi connectivity index (χ3n) is 3.53. The first-order valence-electron chi connectivity index (χ1n) is 6.76. The van der Waals surface area contributed by atoms with Crippen molar-refractivity contribution in [2.75, 3.05) is 13.6 Å². The lowest BCUT2D eigenvalue weighted by atomic mass is 10.1. The summed E-state index contributed by atoms with van der Waals surface area (Å²) in [5.74, 6) is 0.857. The molecule has 1 aliphatic heterocycles. The number of ether oxygens (including phenoxy) is 1. The molecule has 1 aromatic heterocycles. The second kappa shape index (κ2) is 5.81. The van der Waals surface area contributed by atoms with Crippen molar-refractivity contribution in [2.24, 2.45) is 0 Å². The highest BCUT2D eigenvalue weighted by Crippen LogP contribution is 2.29. The summed E-state index contributed by atoms with van der Waals surface area (Å²) in [7, 11) is 2.11. The molecule has 0 atom stereocenters. The number of hydrogen-bond acceptors (Lipinski definition) is 3. The molecule has 0 bridgehead atoms. The van der Waals surface area contributed by atoms with Crippen LogP contribution in [0.1, 0.15) is 16.8 Å². The van der Waals surface area contributed by atoms with Gasteiger partial charge in [0.15, 0.2) is 0 Å². The maximum Gasteiger partial charge on any atom is 0.133 e. The van der Waals surface area contributed by atoms with Crippen molar-refractivity contribution in [2.45, 2.75) is 19.6 Å². The van der Waals surface area contributed by atoms with Gasteiger partial charge in [0.1, 0.15) is 17.5 Å². The van der Waals surface area contributed by atoms with Gasteiger partial charge in [-0.1, -0.05) is 41.9 Å². The molecule has 20 heavy (non-hydrogen) atoms. The van der Waals surface area contributed by atoms with Crippen LogP contribution in [0, 0.1) is 0 Å². The van der Waals surface area contributed by atoms with E-state index in [1.165, 1.54) is 5.56 Å². The van der Waals surface area contributed by atoms with Crippen LogP contribution < -0.4 is 4.74 Å². The van der Waals surface area contributed by atoms with Crippen LogP contribution >= 0.6 is 11.6 Å². The van der Waals surface area contributed by atoms with E-state index >= 15 is 0 Å². The van der Waals surface area contributed by atoms with Crippen LogP contribution in [-0.4, -0.2) is 23.5 Å². The highest BCUT2D eigenvalue weighted by Gasteiger charge is 2.19. The summed E-state index contributed by atoms with van der Waals surface area (Å²) in [6.45, 7) is 2.43. The molecule has 2 heterocycles. The Labute approximate surface area is 124 Å². The molecule has 1 aliphatic rings. The van der Waals surface area contributed by atoms with E-state index in [-0.39, 0.29) is 0 Å². The monoisotopic (exact) mass is 288 g/mol. The van der Waals surface area contributed by atoms with Crippen molar-refractivity contribution in [1.29, 1.82) is 0 Å². The molecule has 0 unspecified atom stereocenters. The Bertz CT molecular complexity index is 601. The molecule has 1 aromatic carbocycles. The minimum absolute atomic E-state index is 0.511. The van der Waals surface area contributed by atoms with Crippen LogP contribution in [0.15, 0.2) is 36.4 Å². The van der Waals surface area contributed by atoms with Gasteiger partial charge in [-0.25, -0.2) is 4.98 Å². The van der Waals surface area contributed by atoms with Crippen molar-refractivity contribution < 1.29 is 4.74 Å². The van der Waals surface area contributed by atoms with E-state index in [0.717, 1.165) is 36.5 Å². The summed E-state index contributed by atoms with van der Waals surface area (Å²) < 4.78 is 5.97. The average molecular weight is 289 g/mol. The third kappa shape index (κ3) is 2.94. The normalized spacial score (nSPS) is 14.9. The number of likely N-dealkylation sites (N-methyl/N-ethyl adjacent to an activating group) is 1. The number of nitrogens with zero attached hydrogens (tertiary/aromatic N) is 2. The molecule has 0 amide bonds. The van der Waals surface area contributed by atoms with Crippen molar-refractivity contribution in [3.05, 3.63) is 58.4 Å². The Morgan fingerprint density at radius 2 is 2.10 bits per heavy atom. The molecule has 4 heteroatoms. The summed E-state index contributed by atoms with van der Waals surface area (Å²) in [6, 6.07) is 12.0. The lowest BCUT2D eigenvalue weighted by Crippen LogP contribution is -2.27. The van der Waals surface area contributed by atoms with Gasteiger partial charge in [-0.3, -0.25) is 0 Å². The second-order valence-electron chi connectivity index (χ2n) is 5.13. The van der Waals surface area contributed by atoms with Gasteiger partial charge in [-0.05, 0) is 12.6 Å². The Kier molecular flexibility index (Phi) is 3.90. The predicted octanol–water partition coefficient (Wildman–Crippen LogP) is 3.30. The molecule has 104 valence electrons. The number of aromatic nitrogens is 1. The first-order valence-corrected chi connectivity index (χ1v) is 7.14. The molecule has 0 saturated heterocycles. The predicted molar refractivity (Wildman–Crippen MR) is 80.1 cm³/mol. The van der Waals surface area contributed by atoms with Crippen LogP contribution in [0.3, 0.4) is 0 Å². The molecular weight excluding hydrogens is 272 g/mol. The van der Waals surface area contributed by atoms with Gasteiger partial charge in [0, 0.05) is 31.1 Å². The van der Waals surface area contributed by atoms with Gasteiger partial charge >= 0.3 is 0 Å². The van der Waals surface area contributed by atoms with E-state index in [1.807, 2.05) is 24.3 Å². The van der Waals surface area contributed by atoms with E-state index in [0.29, 0.717) is 11.8 Å². The van der Waals surface area contributed by atoms with Crippen molar-refractivity contribution in [1.82, 2.24) is 9.88 Å². The fourth-order valence-corrected chi connectivity index (χ4v) is 2.65. The van der Waals surface area contributed by atoms with Gasteiger partial charge < -0.3 is 9.64 Å². The zero-order chi connectivity index (χ0) is 13.9. The van der Waals surface area contributed by atoms with Crippen molar-refractivity contribution in [3.8, 4) is 5.75 Å². The summed E-state index contributed by atoms with van der Waals surface area (Å²) in [5.41, 5.74) is 3.39. The molecule has 0 fully saturated rings. The fourth-order valence-electron chi connectivity index (χ4n) is 2.45. The number of hydrogen-bond donors (Lipinski definition) is 0. The first kappa shape index (κ1) is 13.4. The zero-order valence-electron chi connectivity index (χ0n) is 11.5. The molecule has 0 radical (unpaired) electrons. The smallest absolute Gasteiger partial charge is 0.133 e. The van der Waals surface area contributed by atoms with Gasteiger partial charge in [-0.2, -0.15) is 0 Å². The van der Waals surface area contributed by atoms with Crippen molar-refractivity contribution >= 4 is 11.6 Å². The van der Waals surface area contributed by atoms with Crippen LogP contribution in [0.5, 0.6) is 5.75 Å². The molecule has 0 spiro atoms. The quantitative estimate of drug-likeness (QED) is 0.810. The molecular formula is C16H17ClN2O. The minimum Gasteiger partial charge on any atom is -0.488 e. The molecule has 2 aromatic rings. The van der Waals surface area contributed by atoms with Crippen LogP contribution in [-0.2, 0) is 19.6 Å². The Morgan fingerprint density at radius 1 is 1.30 bits per heavy atom. The maximum absolute atomic E-state index is 6.10. The van der Waals surface area contributed by atoms with E-state index < -0.39 is 0 Å². The largest absolute Gasteiger partial charge is 0.488 e. The van der Waals surface area contributed by atoms with Gasteiger partial charge in [0.05, 0.1) is 5.69 Å². The number of fused-ring (bicyclic) bond motifs is 1. The van der Waals surface area contributed by atoms with E-state index in [1.54, 1.807) is 0 Å². The molecule has 0 N–H and O–H groups in total. The van der Waals surface area contributed by atoms with Crippen LogP contribution in [0.4, 0.5) is 0 Å². The first-order chi connectivity index (χ1) is 9.72. The highest BCUT2D eigenvalue weighted by atomic mass is 35.5. The third-order valence-corrected chi connectivity index (χ3v) is 3.73. The Balaban J connectivity index is 1.84. The minimum atomic E-state index is 0.511. The van der Waals surface area contributed by atoms with Gasteiger partial charge in [-0.15, -0.1) is 0 Å². The summed E-state index contributed by atoms with van der Waals surface area (Å²) >= 11 is 6.10. The van der Waals surface area contributed by atoms with Gasteiger partial charge in [0.25, 0.3) is 0 Å². The number of rotatable bonds is 3. The molecule has 3 nitrogen and oxygen atoms in total. The lowest BCUT2D eigenvalue weighted by molar-refractivity contribution is 0.273. The SMILES string of the molecule is CN1CCc2nc(Cl)cc(OCc3ccccc3)c2C1. The lowest BCUT2D eigenvalue weighted by Gasteiger charge is -2.26. The highest BCUT2D eigenvalue weighted by molar-refractivity contribution is 6.29. The van der Waals surface area contributed by atoms with E-state index in [4.69, 9.17) is 16.3 Å². The topological polar surface area (TPSA) is 25.4 Å². The standard InChI is InChI=1S/C16H17ClN2O/c1-19-8-7-14-13(10-19)15(9-16(17)18-14)20-11-12-5-3-2-4-6-12/h2-6,9H,7-8,10-11H2,1H3. The summed E-state index contributed by atoms with van der Waals surface area (Å²) in [6.07, 6.45) is 0.925. The Morgan fingerprint density at radius 3 is 2.90 bits per heavy atom. The summed E-state index contributed by atoms with van der Waals surface area (Å²) in [4.78, 5) is 6.69. The molecule has 0 aliphatic carbocycles. The van der Waals surface area contributed by atoms with E-state index in [9.17, 15) is 0 Å². The van der Waals surface area contributed by atoms with Crippen LogP contribution in [0.25, 0.3) is 0 Å². The number of halogens is 1. The van der Waals surface area contributed by atoms with Crippen LogP contribution in [0.2, 0.25) is 5.15 Å². The fraction of sp³-hybridized carbons (Fsp3) is 0.312. The zero-order valence-corrected chi connectivity index (χ0v) is 12.2. The number of pyridine rings is 1. The second-order valence-corrected chi connectivity index (χ2v) is 5.52. The van der Waals surface area contributed by atoms with Gasteiger partial charge in [0.2, 0.25) is 0 Å².